The number of rotatable bonds is 6. The Labute approximate surface area is 167 Å². The molecule has 0 aliphatic rings. The third-order valence-electron chi connectivity index (χ3n) is 4.58. The van der Waals surface area contributed by atoms with Crippen LogP contribution >= 0.6 is 0 Å². The Morgan fingerprint density at radius 3 is 2.28 bits per heavy atom. The Balaban J connectivity index is 1.60. The maximum Gasteiger partial charge on any atom is 0.261 e. The van der Waals surface area contributed by atoms with Gasteiger partial charge in [-0.2, -0.15) is 0 Å². The molecule has 29 heavy (non-hydrogen) atoms. The van der Waals surface area contributed by atoms with Crippen molar-refractivity contribution in [3.63, 3.8) is 0 Å². The van der Waals surface area contributed by atoms with Crippen LogP contribution in [-0.4, -0.2) is 15.5 Å². The molecule has 3 aromatic carbocycles. The van der Waals surface area contributed by atoms with E-state index in [0.29, 0.717) is 22.5 Å². The summed E-state index contributed by atoms with van der Waals surface area (Å²) < 4.78 is 7.10. The van der Waals surface area contributed by atoms with Crippen molar-refractivity contribution in [2.75, 3.05) is 0 Å². The lowest BCUT2D eigenvalue weighted by atomic mass is 10.1. The molecule has 0 aliphatic heterocycles. The third kappa shape index (κ3) is 4.01. The van der Waals surface area contributed by atoms with Gasteiger partial charge in [-0.05, 0) is 35.4 Å². The summed E-state index contributed by atoms with van der Waals surface area (Å²) in [5.74, 6) is 0.370. The van der Waals surface area contributed by atoms with Crippen LogP contribution < -0.4 is 16.0 Å². The van der Waals surface area contributed by atoms with E-state index < -0.39 is 5.91 Å². The smallest absolute Gasteiger partial charge is 0.261 e. The zero-order chi connectivity index (χ0) is 20.2. The minimum absolute atomic E-state index is 0.0397. The Morgan fingerprint density at radius 1 is 0.897 bits per heavy atom. The molecule has 4 rings (SSSR count). The number of ether oxygens (including phenoxy) is 1. The summed E-state index contributed by atoms with van der Waals surface area (Å²) >= 11 is 0. The van der Waals surface area contributed by atoms with Gasteiger partial charge in [0.2, 0.25) is 5.91 Å². The van der Waals surface area contributed by atoms with E-state index in [2.05, 4.69) is 4.98 Å². The van der Waals surface area contributed by atoms with E-state index in [-0.39, 0.29) is 18.7 Å². The van der Waals surface area contributed by atoms with E-state index in [1.54, 1.807) is 24.3 Å². The molecule has 4 aromatic rings. The van der Waals surface area contributed by atoms with Gasteiger partial charge in [0.25, 0.3) is 5.56 Å². The number of amides is 1. The molecule has 0 bridgehead atoms. The van der Waals surface area contributed by atoms with Crippen LogP contribution in [0.5, 0.6) is 5.75 Å². The van der Waals surface area contributed by atoms with E-state index in [1.807, 2.05) is 54.6 Å². The van der Waals surface area contributed by atoms with Crippen LogP contribution in [0, 0.1) is 0 Å². The van der Waals surface area contributed by atoms with E-state index in [9.17, 15) is 9.59 Å². The molecule has 1 amide bonds. The summed E-state index contributed by atoms with van der Waals surface area (Å²) in [7, 11) is 0. The van der Waals surface area contributed by atoms with Crippen LogP contribution in [0.4, 0.5) is 0 Å². The number of para-hydroxylation sites is 1. The first-order valence-electron chi connectivity index (χ1n) is 9.17. The minimum Gasteiger partial charge on any atom is -0.486 e. The number of primary amides is 1. The van der Waals surface area contributed by atoms with Gasteiger partial charge in [0.15, 0.2) is 5.82 Å². The number of carbonyl (C=O) groups is 1. The molecule has 1 heterocycles. The summed E-state index contributed by atoms with van der Waals surface area (Å²) in [6, 6.07) is 24.7. The fourth-order valence-electron chi connectivity index (χ4n) is 3.17. The lowest BCUT2D eigenvalue weighted by Crippen LogP contribution is -2.32. The zero-order valence-corrected chi connectivity index (χ0v) is 15.6. The lowest BCUT2D eigenvalue weighted by Gasteiger charge is -2.13. The van der Waals surface area contributed by atoms with Gasteiger partial charge in [0, 0.05) is 0 Å². The topological polar surface area (TPSA) is 87.2 Å². The number of hydrogen-bond acceptors (Lipinski definition) is 4. The van der Waals surface area contributed by atoms with Crippen molar-refractivity contribution in [3.8, 4) is 16.9 Å². The quantitative estimate of drug-likeness (QED) is 0.552. The molecule has 0 saturated heterocycles. The summed E-state index contributed by atoms with van der Waals surface area (Å²) in [5, 5.41) is 0.435. The van der Waals surface area contributed by atoms with Crippen LogP contribution in [0.3, 0.4) is 0 Å². The Bertz CT molecular complexity index is 1220. The molecule has 2 N–H and O–H groups in total. The van der Waals surface area contributed by atoms with Gasteiger partial charge in [-0.25, -0.2) is 4.98 Å². The van der Waals surface area contributed by atoms with Crippen LogP contribution in [0.1, 0.15) is 5.82 Å². The molecular formula is C23H19N3O3. The molecule has 6 nitrogen and oxygen atoms in total. The van der Waals surface area contributed by atoms with Gasteiger partial charge < -0.3 is 10.5 Å². The molecule has 0 radical (unpaired) electrons. The van der Waals surface area contributed by atoms with E-state index in [1.165, 1.54) is 4.57 Å². The van der Waals surface area contributed by atoms with Gasteiger partial charge in [-0.1, -0.05) is 54.6 Å². The second-order valence-corrected chi connectivity index (χ2v) is 6.58. The molecule has 0 saturated carbocycles. The summed E-state index contributed by atoms with van der Waals surface area (Å²) in [6.07, 6.45) is 0. The van der Waals surface area contributed by atoms with Gasteiger partial charge >= 0.3 is 0 Å². The van der Waals surface area contributed by atoms with Crippen molar-refractivity contribution in [2.45, 2.75) is 13.2 Å². The predicted molar refractivity (Wildman–Crippen MR) is 111 cm³/mol. The molecule has 0 aliphatic carbocycles. The van der Waals surface area contributed by atoms with Gasteiger partial charge in [-0.15, -0.1) is 0 Å². The highest BCUT2D eigenvalue weighted by atomic mass is 16.5. The van der Waals surface area contributed by atoms with Crippen LogP contribution in [0.25, 0.3) is 22.0 Å². The summed E-state index contributed by atoms with van der Waals surface area (Å²) in [4.78, 5) is 28.7. The van der Waals surface area contributed by atoms with Crippen molar-refractivity contribution < 1.29 is 9.53 Å². The number of benzene rings is 3. The zero-order valence-electron chi connectivity index (χ0n) is 15.6. The SMILES string of the molecule is NC(=O)Cn1c(COc2ccc(-c3ccccc3)cc2)nc2ccccc2c1=O. The monoisotopic (exact) mass is 385 g/mol. The third-order valence-corrected chi connectivity index (χ3v) is 4.58. The first-order chi connectivity index (χ1) is 14.1. The second-order valence-electron chi connectivity index (χ2n) is 6.58. The first-order valence-corrected chi connectivity index (χ1v) is 9.17. The molecule has 144 valence electrons. The molecule has 1 aromatic heterocycles. The minimum atomic E-state index is -0.613. The summed E-state index contributed by atoms with van der Waals surface area (Å²) in [6.45, 7) is -0.208. The average Bonchev–Trinajstić information content (AvgIpc) is 2.75. The maximum absolute atomic E-state index is 12.8. The highest BCUT2D eigenvalue weighted by Crippen LogP contribution is 2.22. The molecule has 0 atom stereocenters. The number of nitrogens with two attached hydrogens (primary N) is 1. The second kappa shape index (κ2) is 7.98. The molecule has 0 fully saturated rings. The van der Waals surface area contributed by atoms with Crippen molar-refractivity contribution in [1.29, 1.82) is 0 Å². The number of carbonyl (C=O) groups excluding carboxylic acids is 1. The van der Waals surface area contributed by atoms with Gasteiger partial charge in [-0.3, -0.25) is 14.2 Å². The maximum atomic E-state index is 12.8. The normalized spacial score (nSPS) is 10.8. The van der Waals surface area contributed by atoms with E-state index in [0.717, 1.165) is 11.1 Å². The van der Waals surface area contributed by atoms with E-state index >= 15 is 0 Å². The Hall–Kier alpha value is -3.93. The first kappa shape index (κ1) is 18.4. The number of fused-ring (bicyclic) bond motifs is 1. The summed E-state index contributed by atoms with van der Waals surface area (Å²) in [5.41, 5.74) is 7.75. The highest BCUT2D eigenvalue weighted by Gasteiger charge is 2.13. The van der Waals surface area contributed by atoms with E-state index in [4.69, 9.17) is 10.5 Å². The number of aromatic nitrogens is 2. The van der Waals surface area contributed by atoms with Crippen LogP contribution in [0.15, 0.2) is 83.7 Å². The fraction of sp³-hybridized carbons (Fsp3) is 0.0870. The van der Waals surface area contributed by atoms with Crippen molar-refractivity contribution in [2.24, 2.45) is 5.73 Å². The standard InChI is InChI=1S/C23H19N3O3/c24-21(27)14-26-22(25-20-9-5-4-8-19(20)23(26)28)15-29-18-12-10-17(11-13-18)16-6-2-1-3-7-16/h1-13H,14-15H2,(H2,24,27). The largest absolute Gasteiger partial charge is 0.486 e. The van der Waals surface area contributed by atoms with Crippen molar-refractivity contribution >= 4 is 16.8 Å². The molecule has 6 heteroatoms. The fourth-order valence-corrected chi connectivity index (χ4v) is 3.17. The predicted octanol–water partition coefficient (Wildman–Crippen LogP) is 3.13. The Morgan fingerprint density at radius 2 is 1.55 bits per heavy atom. The lowest BCUT2D eigenvalue weighted by molar-refractivity contribution is -0.118. The van der Waals surface area contributed by atoms with Gasteiger partial charge in [0.05, 0.1) is 10.9 Å². The molecular weight excluding hydrogens is 366 g/mol. The Kier molecular flexibility index (Phi) is 5.07. The molecule has 0 spiro atoms. The number of hydrogen-bond donors (Lipinski definition) is 1. The van der Waals surface area contributed by atoms with Crippen molar-refractivity contribution in [1.82, 2.24) is 9.55 Å². The number of nitrogens with zero attached hydrogens (tertiary/aromatic N) is 2. The molecule has 0 unspecified atom stereocenters. The highest BCUT2D eigenvalue weighted by molar-refractivity contribution is 5.78. The van der Waals surface area contributed by atoms with Crippen LogP contribution in [0.2, 0.25) is 0 Å². The van der Waals surface area contributed by atoms with Crippen LogP contribution in [-0.2, 0) is 17.9 Å². The van der Waals surface area contributed by atoms with Crippen molar-refractivity contribution in [3.05, 3.63) is 95.0 Å². The average molecular weight is 385 g/mol. The van der Waals surface area contributed by atoms with Gasteiger partial charge in [0.1, 0.15) is 18.9 Å².